The fourth-order valence-corrected chi connectivity index (χ4v) is 3.06. The summed E-state index contributed by atoms with van der Waals surface area (Å²) >= 11 is 1.44. The molecule has 0 radical (unpaired) electrons. The third kappa shape index (κ3) is 3.88. The third-order valence-corrected chi connectivity index (χ3v) is 4.41. The molecule has 0 amide bonds. The van der Waals surface area contributed by atoms with Crippen molar-refractivity contribution in [2.75, 3.05) is 12.8 Å². The SMILES string of the molecule is CSc1nc2c(c(=O)[nH]1)CN(Cc1ccc(COC(C)=O)o1)CC2. The molecule has 0 unspecified atom stereocenters. The van der Waals surface area contributed by atoms with E-state index in [-0.39, 0.29) is 18.1 Å². The van der Waals surface area contributed by atoms with Crippen molar-refractivity contribution in [1.29, 1.82) is 0 Å². The lowest BCUT2D eigenvalue weighted by Crippen LogP contribution is -2.35. The first-order chi connectivity index (χ1) is 11.5. The Balaban J connectivity index is 1.66. The predicted octanol–water partition coefficient (Wildman–Crippen LogP) is 1.71. The van der Waals surface area contributed by atoms with E-state index in [0.717, 1.165) is 30.0 Å². The zero-order chi connectivity index (χ0) is 17.1. The molecule has 0 atom stereocenters. The van der Waals surface area contributed by atoms with E-state index in [9.17, 15) is 9.59 Å². The van der Waals surface area contributed by atoms with Crippen molar-refractivity contribution >= 4 is 17.7 Å². The fourth-order valence-electron chi connectivity index (χ4n) is 2.67. The number of esters is 1. The molecule has 8 heteroatoms. The van der Waals surface area contributed by atoms with E-state index in [4.69, 9.17) is 9.15 Å². The van der Waals surface area contributed by atoms with Gasteiger partial charge in [-0.1, -0.05) is 11.8 Å². The van der Waals surface area contributed by atoms with Gasteiger partial charge in [0.05, 0.1) is 17.8 Å². The number of ether oxygens (including phenoxy) is 1. The fraction of sp³-hybridized carbons (Fsp3) is 0.438. The number of hydrogen-bond acceptors (Lipinski definition) is 7. The highest BCUT2D eigenvalue weighted by Gasteiger charge is 2.22. The van der Waals surface area contributed by atoms with Crippen LogP contribution in [0.1, 0.15) is 29.7 Å². The number of rotatable bonds is 5. The molecule has 2 aromatic rings. The Hall–Kier alpha value is -2.06. The Morgan fingerprint density at radius 2 is 2.25 bits per heavy atom. The smallest absolute Gasteiger partial charge is 0.303 e. The molecule has 0 aliphatic carbocycles. The molecule has 0 fully saturated rings. The maximum atomic E-state index is 12.2. The second-order valence-electron chi connectivity index (χ2n) is 5.61. The molecule has 0 saturated carbocycles. The molecule has 2 aromatic heterocycles. The lowest BCUT2D eigenvalue weighted by molar-refractivity contribution is -0.142. The molecule has 0 bridgehead atoms. The first-order valence-electron chi connectivity index (χ1n) is 7.64. The maximum Gasteiger partial charge on any atom is 0.303 e. The van der Waals surface area contributed by atoms with Gasteiger partial charge in [-0.3, -0.25) is 14.5 Å². The molecular weight excluding hydrogens is 330 g/mol. The summed E-state index contributed by atoms with van der Waals surface area (Å²) in [4.78, 5) is 32.4. The second kappa shape index (κ2) is 7.23. The molecule has 0 saturated heterocycles. The molecule has 1 aliphatic rings. The van der Waals surface area contributed by atoms with Crippen molar-refractivity contribution in [3.63, 3.8) is 0 Å². The van der Waals surface area contributed by atoms with Gasteiger partial charge in [0.2, 0.25) is 0 Å². The van der Waals surface area contributed by atoms with Crippen molar-refractivity contribution in [3.8, 4) is 0 Å². The number of nitrogens with zero attached hydrogens (tertiary/aromatic N) is 2. The van der Waals surface area contributed by atoms with Crippen LogP contribution in [0.2, 0.25) is 0 Å². The van der Waals surface area contributed by atoms with E-state index in [1.54, 1.807) is 6.07 Å². The summed E-state index contributed by atoms with van der Waals surface area (Å²) in [5.74, 6) is 1.06. The molecule has 1 N–H and O–H groups in total. The van der Waals surface area contributed by atoms with Crippen LogP contribution in [-0.4, -0.2) is 33.6 Å². The van der Waals surface area contributed by atoms with Crippen LogP contribution in [0.25, 0.3) is 0 Å². The Bertz CT molecular complexity index is 799. The van der Waals surface area contributed by atoms with Crippen LogP contribution in [0.3, 0.4) is 0 Å². The number of fused-ring (bicyclic) bond motifs is 1. The third-order valence-electron chi connectivity index (χ3n) is 3.83. The lowest BCUT2D eigenvalue weighted by Gasteiger charge is -2.26. The highest BCUT2D eigenvalue weighted by molar-refractivity contribution is 7.98. The van der Waals surface area contributed by atoms with Crippen LogP contribution in [0.5, 0.6) is 0 Å². The Labute approximate surface area is 143 Å². The molecule has 7 nitrogen and oxygen atoms in total. The van der Waals surface area contributed by atoms with Crippen LogP contribution in [-0.2, 0) is 35.6 Å². The highest BCUT2D eigenvalue weighted by atomic mass is 32.2. The van der Waals surface area contributed by atoms with Crippen LogP contribution < -0.4 is 5.56 Å². The van der Waals surface area contributed by atoms with Crippen molar-refractivity contribution in [2.45, 2.75) is 38.2 Å². The molecular formula is C16H19N3O4S. The average molecular weight is 349 g/mol. The van der Waals surface area contributed by atoms with Crippen LogP contribution in [0.4, 0.5) is 0 Å². The number of carbonyl (C=O) groups excluding carboxylic acids is 1. The topological polar surface area (TPSA) is 88.4 Å². The Morgan fingerprint density at radius 3 is 3.00 bits per heavy atom. The number of aromatic nitrogens is 2. The van der Waals surface area contributed by atoms with Gasteiger partial charge in [0.15, 0.2) is 5.16 Å². The van der Waals surface area contributed by atoms with E-state index >= 15 is 0 Å². The Morgan fingerprint density at radius 1 is 1.46 bits per heavy atom. The quantitative estimate of drug-likeness (QED) is 0.499. The van der Waals surface area contributed by atoms with Crippen LogP contribution >= 0.6 is 11.8 Å². The number of aromatic amines is 1. The minimum Gasteiger partial charge on any atom is -0.461 e. The summed E-state index contributed by atoms with van der Waals surface area (Å²) in [6.45, 7) is 3.47. The number of nitrogens with one attached hydrogen (secondary N) is 1. The van der Waals surface area contributed by atoms with Crippen molar-refractivity contribution in [3.05, 3.63) is 45.3 Å². The number of hydrogen-bond donors (Lipinski definition) is 1. The summed E-state index contributed by atoms with van der Waals surface area (Å²) < 4.78 is 10.6. The number of carbonyl (C=O) groups is 1. The monoisotopic (exact) mass is 349 g/mol. The van der Waals surface area contributed by atoms with Gasteiger partial charge < -0.3 is 14.1 Å². The lowest BCUT2D eigenvalue weighted by atomic mass is 10.1. The van der Waals surface area contributed by atoms with Gasteiger partial charge in [0, 0.05) is 26.4 Å². The maximum absolute atomic E-state index is 12.2. The molecule has 3 heterocycles. The molecule has 0 spiro atoms. The summed E-state index contributed by atoms with van der Waals surface area (Å²) in [5.41, 5.74) is 1.55. The van der Waals surface area contributed by atoms with Gasteiger partial charge in [0.25, 0.3) is 5.56 Å². The Kier molecular flexibility index (Phi) is 5.06. The van der Waals surface area contributed by atoms with Gasteiger partial charge in [0.1, 0.15) is 18.1 Å². The molecule has 128 valence electrons. The summed E-state index contributed by atoms with van der Waals surface area (Å²) in [6.07, 6.45) is 2.64. The zero-order valence-electron chi connectivity index (χ0n) is 13.6. The van der Waals surface area contributed by atoms with E-state index in [1.165, 1.54) is 18.7 Å². The first-order valence-corrected chi connectivity index (χ1v) is 8.87. The summed E-state index contributed by atoms with van der Waals surface area (Å²) in [7, 11) is 0. The van der Waals surface area contributed by atoms with E-state index in [2.05, 4.69) is 14.9 Å². The largest absolute Gasteiger partial charge is 0.461 e. The van der Waals surface area contributed by atoms with Gasteiger partial charge >= 0.3 is 5.97 Å². The standard InChI is InChI=1S/C16H19N3O4S/c1-10(20)22-9-12-4-3-11(23-12)7-19-6-5-14-13(8-19)15(21)18-16(17-14)24-2/h3-4H,5-9H2,1-2H3,(H,17,18,21). The molecule has 24 heavy (non-hydrogen) atoms. The number of H-pyrrole nitrogens is 1. The highest BCUT2D eigenvalue weighted by Crippen LogP contribution is 2.19. The minimum absolute atomic E-state index is 0.0657. The first kappa shape index (κ1) is 16.8. The van der Waals surface area contributed by atoms with Crippen molar-refractivity contribution < 1.29 is 13.9 Å². The van der Waals surface area contributed by atoms with E-state index in [0.29, 0.717) is 24.0 Å². The van der Waals surface area contributed by atoms with Gasteiger partial charge in [-0.25, -0.2) is 4.98 Å². The van der Waals surface area contributed by atoms with E-state index < -0.39 is 0 Å². The van der Waals surface area contributed by atoms with Crippen LogP contribution in [0, 0.1) is 0 Å². The van der Waals surface area contributed by atoms with Gasteiger partial charge in [-0.15, -0.1) is 0 Å². The average Bonchev–Trinajstić information content (AvgIpc) is 3.00. The number of thioether (sulfide) groups is 1. The summed E-state index contributed by atoms with van der Waals surface area (Å²) in [5, 5.41) is 0.661. The second-order valence-corrected chi connectivity index (χ2v) is 6.40. The van der Waals surface area contributed by atoms with E-state index in [1.807, 2.05) is 12.3 Å². The summed E-state index contributed by atoms with van der Waals surface area (Å²) in [6, 6.07) is 3.67. The molecule has 0 aromatic carbocycles. The van der Waals surface area contributed by atoms with Crippen LogP contribution in [0.15, 0.2) is 26.5 Å². The van der Waals surface area contributed by atoms with Gasteiger partial charge in [-0.05, 0) is 18.4 Å². The van der Waals surface area contributed by atoms with Crippen molar-refractivity contribution in [1.82, 2.24) is 14.9 Å². The van der Waals surface area contributed by atoms with Gasteiger partial charge in [-0.2, -0.15) is 0 Å². The van der Waals surface area contributed by atoms with Crippen molar-refractivity contribution in [2.24, 2.45) is 0 Å². The zero-order valence-corrected chi connectivity index (χ0v) is 14.4. The number of furan rings is 1. The normalized spacial score (nSPS) is 14.4. The molecule has 1 aliphatic heterocycles. The predicted molar refractivity (Wildman–Crippen MR) is 88.6 cm³/mol. The minimum atomic E-state index is -0.336. The molecule has 3 rings (SSSR count).